The average molecular weight is 378 g/mol. The number of methoxy groups -OCH3 is 1. The number of hydrogen-bond donors (Lipinski definition) is 1. The molecule has 4 atom stereocenters. The summed E-state index contributed by atoms with van der Waals surface area (Å²) < 4.78 is 15.4. The third kappa shape index (κ3) is 4.30. The molecule has 0 spiro atoms. The molecule has 148 valence electrons. The molecule has 1 saturated carbocycles. The van der Waals surface area contributed by atoms with E-state index < -0.39 is 41.1 Å². The second-order valence-corrected chi connectivity index (χ2v) is 6.76. The Labute approximate surface area is 158 Å². The maximum absolute atomic E-state index is 12.7. The van der Waals surface area contributed by atoms with Crippen molar-refractivity contribution < 1.29 is 33.7 Å². The first-order chi connectivity index (χ1) is 12.8. The van der Waals surface area contributed by atoms with E-state index in [9.17, 15) is 19.5 Å². The molecule has 1 aliphatic rings. The summed E-state index contributed by atoms with van der Waals surface area (Å²) in [5.74, 6) is -4.39. The number of esters is 2. The van der Waals surface area contributed by atoms with E-state index in [1.54, 1.807) is 38.1 Å². The van der Waals surface area contributed by atoms with E-state index in [4.69, 9.17) is 14.2 Å². The standard InChI is InChI=1S/C20H26O7/c1-5-26-18(22)16-14(21)11-20(3,24)17(19(23)27-6-2)15(16)12-7-9-13(25-4)10-8-12/h7-10,15-17,24H,5-6,11H2,1-4H3/t15-,16+,17+,20-/m1/s1. The maximum Gasteiger partial charge on any atom is 0.317 e. The molecule has 0 bridgehead atoms. The monoisotopic (exact) mass is 378 g/mol. The summed E-state index contributed by atoms with van der Waals surface area (Å²) in [6.07, 6.45) is -0.327. The average Bonchev–Trinajstić information content (AvgIpc) is 2.60. The second-order valence-electron chi connectivity index (χ2n) is 6.76. The Balaban J connectivity index is 2.59. The zero-order chi connectivity index (χ0) is 20.2. The van der Waals surface area contributed by atoms with Crippen LogP contribution in [0.3, 0.4) is 0 Å². The van der Waals surface area contributed by atoms with Crippen LogP contribution in [0, 0.1) is 11.8 Å². The first-order valence-electron chi connectivity index (χ1n) is 8.99. The van der Waals surface area contributed by atoms with Crippen molar-refractivity contribution in [2.45, 2.75) is 38.7 Å². The van der Waals surface area contributed by atoms with Gasteiger partial charge in [0.25, 0.3) is 0 Å². The minimum atomic E-state index is -1.64. The van der Waals surface area contributed by atoms with Crippen molar-refractivity contribution >= 4 is 17.7 Å². The van der Waals surface area contributed by atoms with Gasteiger partial charge in [-0.2, -0.15) is 0 Å². The maximum atomic E-state index is 12.7. The smallest absolute Gasteiger partial charge is 0.317 e. The van der Waals surface area contributed by atoms with Gasteiger partial charge >= 0.3 is 11.9 Å². The highest BCUT2D eigenvalue weighted by Gasteiger charge is 2.57. The summed E-state index contributed by atoms with van der Waals surface area (Å²) in [5, 5.41) is 10.9. The number of carbonyl (C=O) groups excluding carboxylic acids is 3. The van der Waals surface area contributed by atoms with E-state index in [2.05, 4.69) is 0 Å². The van der Waals surface area contributed by atoms with E-state index >= 15 is 0 Å². The molecule has 1 N–H and O–H groups in total. The zero-order valence-corrected chi connectivity index (χ0v) is 16.1. The molecular weight excluding hydrogens is 352 g/mol. The van der Waals surface area contributed by atoms with Crippen LogP contribution >= 0.6 is 0 Å². The molecule has 1 fully saturated rings. The molecule has 0 unspecified atom stereocenters. The number of rotatable bonds is 6. The molecule has 0 heterocycles. The fraction of sp³-hybridized carbons (Fsp3) is 0.550. The zero-order valence-electron chi connectivity index (χ0n) is 16.1. The Morgan fingerprint density at radius 3 is 2.19 bits per heavy atom. The SMILES string of the molecule is CCOC(=O)[C@H]1C(=O)C[C@@](C)(O)[C@H](C(=O)OCC)[C@@H]1c1ccc(OC)cc1. The molecule has 7 heteroatoms. The lowest BCUT2D eigenvalue weighted by Gasteiger charge is -2.43. The van der Waals surface area contributed by atoms with Crippen LogP contribution in [0.1, 0.15) is 38.7 Å². The number of hydrogen-bond acceptors (Lipinski definition) is 7. The Bertz CT molecular complexity index is 693. The molecule has 2 rings (SSSR count). The van der Waals surface area contributed by atoms with Crippen molar-refractivity contribution in [1.82, 2.24) is 0 Å². The fourth-order valence-electron chi connectivity index (χ4n) is 3.71. The van der Waals surface area contributed by atoms with Crippen LogP contribution in [0.2, 0.25) is 0 Å². The van der Waals surface area contributed by atoms with Gasteiger partial charge in [0, 0.05) is 12.3 Å². The van der Waals surface area contributed by atoms with Gasteiger partial charge in [0.2, 0.25) is 0 Å². The summed E-state index contributed by atoms with van der Waals surface area (Å²) in [4.78, 5) is 38.0. The first-order valence-corrected chi connectivity index (χ1v) is 8.99. The second kappa shape index (κ2) is 8.52. The minimum Gasteiger partial charge on any atom is -0.497 e. The lowest BCUT2D eigenvalue weighted by atomic mass is 9.61. The van der Waals surface area contributed by atoms with Crippen LogP contribution in [0.15, 0.2) is 24.3 Å². The number of Topliss-reactive ketones (excluding diaryl/α,β-unsaturated/α-hetero) is 1. The van der Waals surface area contributed by atoms with Crippen LogP contribution in [0.5, 0.6) is 5.75 Å². The third-order valence-corrected chi connectivity index (χ3v) is 4.85. The molecule has 1 aromatic rings. The molecule has 0 aliphatic heterocycles. The van der Waals surface area contributed by atoms with Crippen LogP contribution in [0.25, 0.3) is 0 Å². The summed E-state index contributed by atoms with van der Waals surface area (Å²) in [6.45, 7) is 4.96. The van der Waals surface area contributed by atoms with Gasteiger partial charge in [-0.3, -0.25) is 14.4 Å². The quantitative estimate of drug-likeness (QED) is 0.596. The number of aliphatic hydroxyl groups is 1. The van der Waals surface area contributed by atoms with Gasteiger partial charge in [-0.15, -0.1) is 0 Å². The van der Waals surface area contributed by atoms with Crippen LogP contribution in [-0.4, -0.2) is 48.8 Å². The van der Waals surface area contributed by atoms with Crippen molar-refractivity contribution in [1.29, 1.82) is 0 Å². The summed E-state index contributed by atoms with van der Waals surface area (Å²) in [5.41, 5.74) is -1.09. The minimum absolute atomic E-state index is 0.110. The van der Waals surface area contributed by atoms with Gasteiger partial charge in [-0.1, -0.05) is 12.1 Å². The topological polar surface area (TPSA) is 99.1 Å². The molecule has 0 amide bonds. The number of ether oxygens (including phenoxy) is 3. The number of carbonyl (C=O) groups is 3. The largest absolute Gasteiger partial charge is 0.497 e. The van der Waals surface area contributed by atoms with Crippen molar-refractivity contribution in [2.75, 3.05) is 20.3 Å². The van der Waals surface area contributed by atoms with Gasteiger partial charge in [0.15, 0.2) is 5.78 Å². The summed E-state index contributed by atoms with van der Waals surface area (Å²) >= 11 is 0. The molecular formula is C20H26O7. The Hall–Kier alpha value is -2.41. The third-order valence-electron chi connectivity index (χ3n) is 4.85. The normalized spacial score (nSPS) is 27.7. The fourth-order valence-corrected chi connectivity index (χ4v) is 3.71. The molecule has 7 nitrogen and oxygen atoms in total. The highest BCUT2D eigenvalue weighted by molar-refractivity contribution is 6.02. The summed E-state index contributed by atoms with van der Waals surface area (Å²) in [6, 6.07) is 6.70. The molecule has 0 aromatic heterocycles. The van der Waals surface area contributed by atoms with Crippen molar-refractivity contribution in [3.63, 3.8) is 0 Å². The van der Waals surface area contributed by atoms with Crippen LogP contribution < -0.4 is 4.74 Å². The number of ketones is 1. The summed E-state index contributed by atoms with van der Waals surface area (Å²) in [7, 11) is 1.52. The van der Waals surface area contributed by atoms with Gasteiger partial charge in [-0.05, 0) is 38.5 Å². The Kier molecular flexibility index (Phi) is 6.59. The van der Waals surface area contributed by atoms with E-state index in [0.29, 0.717) is 11.3 Å². The molecule has 0 saturated heterocycles. The van der Waals surface area contributed by atoms with Crippen molar-refractivity contribution in [2.24, 2.45) is 11.8 Å². The molecule has 27 heavy (non-hydrogen) atoms. The predicted molar refractivity (Wildman–Crippen MR) is 96.2 cm³/mol. The molecule has 1 aliphatic carbocycles. The van der Waals surface area contributed by atoms with Crippen molar-refractivity contribution in [3.8, 4) is 5.75 Å². The van der Waals surface area contributed by atoms with E-state index in [1.165, 1.54) is 14.0 Å². The van der Waals surface area contributed by atoms with E-state index in [-0.39, 0.29) is 19.6 Å². The van der Waals surface area contributed by atoms with Gasteiger partial charge < -0.3 is 19.3 Å². The molecule has 0 radical (unpaired) electrons. The van der Waals surface area contributed by atoms with Gasteiger partial charge in [0.1, 0.15) is 11.7 Å². The van der Waals surface area contributed by atoms with Gasteiger partial charge in [0.05, 0.1) is 31.8 Å². The number of benzene rings is 1. The predicted octanol–water partition coefficient (Wildman–Crippen LogP) is 1.86. The molecule has 1 aromatic carbocycles. The van der Waals surface area contributed by atoms with Gasteiger partial charge in [-0.25, -0.2) is 0 Å². The highest BCUT2D eigenvalue weighted by atomic mass is 16.5. The van der Waals surface area contributed by atoms with E-state index in [0.717, 1.165) is 0 Å². The Morgan fingerprint density at radius 2 is 1.67 bits per heavy atom. The van der Waals surface area contributed by atoms with Crippen molar-refractivity contribution in [3.05, 3.63) is 29.8 Å². The van der Waals surface area contributed by atoms with Crippen LogP contribution in [-0.2, 0) is 23.9 Å². The van der Waals surface area contributed by atoms with Crippen LogP contribution in [0.4, 0.5) is 0 Å². The first kappa shape index (κ1) is 20.9. The lowest BCUT2D eigenvalue weighted by Crippen LogP contribution is -2.55. The lowest BCUT2D eigenvalue weighted by molar-refractivity contribution is -0.172. The van der Waals surface area contributed by atoms with E-state index in [1.807, 2.05) is 0 Å². The Morgan fingerprint density at radius 1 is 1.11 bits per heavy atom. The highest BCUT2D eigenvalue weighted by Crippen LogP contribution is 2.46.